The maximum Gasteiger partial charge on any atom is 0.308 e. The second kappa shape index (κ2) is 6.86. The predicted molar refractivity (Wildman–Crippen MR) is 79.2 cm³/mol. The number of hydrogen-bond acceptors (Lipinski definition) is 5. The van der Waals surface area contributed by atoms with E-state index in [0.29, 0.717) is 6.54 Å². The van der Waals surface area contributed by atoms with Gasteiger partial charge in [-0.1, -0.05) is 6.92 Å². The third-order valence-corrected chi connectivity index (χ3v) is 4.15. The van der Waals surface area contributed by atoms with Gasteiger partial charge in [-0.25, -0.2) is 4.98 Å². The molecule has 0 saturated carbocycles. The molecule has 5 nitrogen and oxygen atoms in total. The van der Waals surface area contributed by atoms with Gasteiger partial charge in [-0.05, 0) is 27.9 Å². The van der Waals surface area contributed by atoms with E-state index < -0.39 is 11.9 Å². The molecule has 1 aromatic rings. The van der Waals surface area contributed by atoms with Crippen LogP contribution >= 0.6 is 11.3 Å². The van der Waals surface area contributed by atoms with Crippen LogP contribution in [0.3, 0.4) is 0 Å². The highest BCUT2D eigenvalue weighted by molar-refractivity contribution is 7.15. The van der Waals surface area contributed by atoms with Crippen LogP contribution in [0.15, 0.2) is 0 Å². The van der Waals surface area contributed by atoms with Gasteiger partial charge in [0.05, 0.1) is 11.6 Å². The number of carboxylic acids is 1. The van der Waals surface area contributed by atoms with Gasteiger partial charge in [0.25, 0.3) is 0 Å². The smallest absolute Gasteiger partial charge is 0.308 e. The Morgan fingerprint density at radius 2 is 2.00 bits per heavy atom. The minimum Gasteiger partial charge on any atom is -0.481 e. The van der Waals surface area contributed by atoms with Crippen molar-refractivity contribution in [2.75, 3.05) is 38.6 Å². The van der Waals surface area contributed by atoms with E-state index in [1.165, 1.54) is 4.88 Å². The molecule has 1 N–H and O–H groups in total. The molecule has 0 aromatic carbocycles. The molecule has 0 aliphatic rings. The Morgan fingerprint density at radius 1 is 1.37 bits per heavy atom. The molecule has 1 unspecified atom stereocenters. The van der Waals surface area contributed by atoms with Gasteiger partial charge in [0.1, 0.15) is 0 Å². The van der Waals surface area contributed by atoms with Crippen LogP contribution in [0.2, 0.25) is 0 Å². The standard InChI is InChI=1S/C13H23N3O2S/c1-9(12(17)18)8-16(7-6-15(4)5)13-14-10(2)11(3)19-13/h9H,6-8H2,1-5H3,(H,17,18). The van der Waals surface area contributed by atoms with Gasteiger partial charge < -0.3 is 14.9 Å². The number of hydrogen-bond donors (Lipinski definition) is 1. The monoisotopic (exact) mass is 285 g/mol. The van der Waals surface area contributed by atoms with Gasteiger partial charge in [0, 0.05) is 24.5 Å². The maximum absolute atomic E-state index is 11.0. The van der Waals surface area contributed by atoms with Crippen molar-refractivity contribution in [2.24, 2.45) is 5.92 Å². The van der Waals surface area contributed by atoms with Crippen molar-refractivity contribution in [3.05, 3.63) is 10.6 Å². The lowest BCUT2D eigenvalue weighted by atomic mass is 10.2. The fraction of sp³-hybridized carbons (Fsp3) is 0.692. The molecule has 0 amide bonds. The summed E-state index contributed by atoms with van der Waals surface area (Å²) >= 11 is 1.63. The summed E-state index contributed by atoms with van der Waals surface area (Å²) in [5, 5.41) is 9.98. The number of likely N-dealkylation sites (N-methyl/N-ethyl adjacent to an activating group) is 1. The topological polar surface area (TPSA) is 56.7 Å². The summed E-state index contributed by atoms with van der Waals surface area (Å²) in [4.78, 5) is 20.9. The molecule has 1 atom stereocenters. The average Bonchev–Trinajstić information content (AvgIpc) is 2.64. The first-order chi connectivity index (χ1) is 8.81. The Morgan fingerprint density at radius 3 is 2.42 bits per heavy atom. The van der Waals surface area contributed by atoms with Gasteiger partial charge in [-0.15, -0.1) is 11.3 Å². The third kappa shape index (κ3) is 4.80. The molecule has 0 spiro atoms. The molecular formula is C13H23N3O2S. The Kier molecular flexibility index (Phi) is 5.75. The lowest BCUT2D eigenvalue weighted by Crippen LogP contribution is -2.36. The summed E-state index contributed by atoms with van der Waals surface area (Å²) in [7, 11) is 4.02. The number of aliphatic carboxylic acids is 1. The summed E-state index contributed by atoms with van der Waals surface area (Å²) in [5.74, 6) is -1.16. The van der Waals surface area contributed by atoms with Crippen molar-refractivity contribution in [3.63, 3.8) is 0 Å². The molecule has 0 saturated heterocycles. The average molecular weight is 285 g/mol. The Balaban J connectivity index is 2.82. The zero-order valence-corrected chi connectivity index (χ0v) is 13.1. The quantitative estimate of drug-likeness (QED) is 0.828. The summed E-state index contributed by atoms with van der Waals surface area (Å²) in [5.41, 5.74) is 1.03. The number of thiazole rings is 1. The van der Waals surface area contributed by atoms with Crippen LogP contribution in [0, 0.1) is 19.8 Å². The molecule has 0 aliphatic heterocycles. The Bertz CT molecular complexity index is 412. The summed E-state index contributed by atoms with van der Waals surface area (Å²) in [6, 6.07) is 0. The summed E-state index contributed by atoms with van der Waals surface area (Å²) in [6.45, 7) is 7.93. The molecule has 1 heterocycles. The molecule has 0 aliphatic carbocycles. The van der Waals surface area contributed by atoms with Crippen LogP contribution in [0.25, 0.3) is 0 Å². The van der Waals surface area contributed by atoms with Crippen LogP contribution in [-0.4, -0.2) is 54.7 Å². The number of nitrogens with zero attached hydrogens (tertiary/aromatic N) is 3. The van der Waals surface area contributed by atoms with Crippen LogP contribution in [-0.2, 0) is 4.79 Å². The van der Waals surface area contributed by atoms with Crippen molar-refractivity contribution < 1.29 is 9.90 Å². The summed E-state index contributed by atoms with van der Waals surface area (Å²) in [6.07, 6.45) is 0. The fourth-order valence-corrected chi connectivity index (χ4v) is 2.53. The highest BCUT2D eigenvalue weighted by atomic mass is 32.1. The highest BCUT2D eigenvalue weighted by Gasteiger charge is 2.19. The number of carbonyl (C=O) groups is 1. The predicted octanol–water partition coefficient (Wildman–Crippen LogP) is 1.85. The molecule has 19 heavy (non-hydrogen) atoms. The lowest BCUT2D eigenvalue weighted by molar-refractivity contribution is -0.140. The van der Waals surface area contributed by atoms with Crippen LogP contribution in [0.5, 0.6) is 0 Å². The van der Waals surface area contributed by atoms with Crippen molar-refractivity contribution in [1.82, 2.24) is 9.88 Å². The van der Waals surface area contributed by atoms with E-state index in [1.54, 1.807) is 18.3 Å². The second-order valence-electron chi connectivity index (χ2n) is 5.13. The summed E-state index contributed by atoms with van der Waals surface area (Å²) < 4.78 is 0. The lowest BCUT2D eigenvalue weighted by Gasteiger charge is -2.25. The number of carboxylic acid groups (broad SMARTS) is 1. The molecule has 1 rings (SSSR count). The van der Waals surface area contributed by atoms with Crippen molar-refractivity contribution in [3.8, 4) is 0 Å². The van der Waals surface area contributed by atoms with E-state index in [9.17, 15) is 4.79 Å². The first kappa shape index (κ1) is 15.9. The van der Waals surface area contributed by atoms with Crippen molar-refractivity contribution in [1.29, 1.82) is 0 Å². The van der Waals surface area contributed by atoms with E-state index in [2.05, 4.69) is 14.8 Å². The molecular weight excluding hydrogens is 262 g/mol. The fourth-order valence-electron chi connectivity index (χ4n) is 1.59. The molecule has 108 valence electrons. The molecule has 0 fully saturated rings. The highest BCUT2D eigenvalue weighted by Crippen LogP contribution is 2.25. The van der Waals surface area contributed by atoms with Gasteiger partial charge >= 0.3 is 5.97 Å². The molecule has 0 bridgehead atoms. The van der Waals surface area contributed by atoms with Crippen molar-refractivity contribution in [2.45, 2.75) is 20.8 Å². The Hall–Kier alpha value is -1.14. The third-order valence-electron chi connectivity index (χ3n) is 3.02. The van der Waals surface area contributed by atoms with E-state index in [-0.39, 0.29) is 0 Å². The van der Waals surface area contributed by atoms with Crippen LogP contribution in [0.1, 0.15) is 17.5 Å². The number of anilines is 1. The maximum atomic E-state index is 11.0. The second-order valence-corrected chi connectivity index (χ2v) is 6.31. The van der Waals surface area contributed by atoms with Crippen LogP contribution < -0.4 is 4.90 Å². The van der Waals surface area contributed by atoms with E-state index >= 15 is 0 Å². The number of aryl methyl sites for hydroxylation is 2. The normalized spacial score (nSPS) is 12.7. The van der Waals surface area contributed by atoms with E-state index in [4.69, 9.17) is 5.11 Å². The van der Waals surface area contributed by atoms with Gasteiger partial charge in [-0.2, -0.15) is 0 Å². The Labute approximate surface area is 118 Å². The molecule has 1 aromatic heterocycles. The number of aromatic nitrogens is 1. The minimum atomic E-state index is -0.764. The number of rotatable bonds is 7. The SMILES string of the molecule is Cc1nc(N(CCN(C)C)CC(C)C(=O)O)sc1C. The largest absolute Gasteiger partial charge is 0.481 e. The minimum absolute atomic E-state index is 0.397. The molecule has 6 heteroatoms. The zero-order valence-electron chi connectivity index (χ0n) is 12.3. The van der Waals surface area contributed by atoms with Gasteiger partial charge in [0.2, 0.25) is 0 Å². The first-order valence-corrected chi connectivity index (χ1v) is 7.19. The zero-order chi connectivity index (χ0) is 14.6. The van der Waals surface area contributed by atoms with E-state index in [0.717, 1.165) is 23.9 Å². The van der Waals surface area contributed by atoms with Crippen molar-refractivity contribution >= 4 is 22.4 Å². The van der Waals surface area contributed by atoms with E-state index in [1.807, 2.05) is 27.9 Å². The molecule has 0 radical (unpaired) electrons. The first-order valence-electron chi connectivity index (χ1n) is 6.37. The van der Waals surface area contributed by atoms with Gasteiger partial charge in [0.15, 0.2) is 5.13 Å². The van der Waals surface area contributed by atoms with Gasteiger partial charge in [-0.3, -0.25) is 4.79 Å². The van der Waals surface area contributed by atoms with Crippen LogP contribution in [0.4, 0.5) is 5.13 Å².